The van der Waals surface area contributed by atoms with Gasteiger partial charge in [0.15, 0.2) is 0 Å². The lowest BCUT2D eigenvalue weighted by atomic mass is 10.2. The maximum atomic E-state index is 6.37. The highest BCUT2D eigenvalue weighted by Gasteiger charge is 2.28. The molecule has 1 atom stereocenters. The molecule has 0 amide bonds. The second kappa shape index (κ2) is 7.33. The summed E-state index contributed by atoms with van der Waals surface area (Å²) in [6.45, 7) is 20.3. The summed E-state index contributed by atoms with van der Waals surface area (Å²) >= 11 is 0. The summed E-state index contributed by atoms with van der Waals surface area (Å²) in [5, 5.41) is 0. The Balaban J connectivity index is 2.90. The Kier molecular flexibility index (Phi) is 6.56. The molecule has 0 saturated heterocycles. The Bertz CT molecular complexity index is 339. The van der Waals surface area contributed by atoms with Crippen LogP contribution >= 0.6 is 0 Å². The zero-order valence-electron chi connectivity index (χ0n) is 15.4. The van der Waals surface area contributed by atoms with Gasteiger partial charge in [0, 0.05) is 32.0 Å². The fourth-order valence-electron chi connectivity index (χ4n) is 2.54. The second-order valence-electron chi connectivity index (χ2n) is 8.07. The Morgan fingerprint density at radius 1 is 0.905 bits per heavy atom. The molecule has 0 saturated carbocycles. The molecule has 1 rings (SSSR count). The zero-order valence-corrected chi connectivity index (χ0v) is 17.4. The van der Waals surface area contributed by atoms with Gasteiger partial charge in [-0.3, -0.25) is 4.90 Å². The lowest BCUT2D eigenvalue weighted by Gasteiger charge is -2.27. The van der Waals surface area contributed by atoms with E-state index in [1.54, 1.807) is 0 Å². The maximum absolute atomic E-state index is 6.37. The van der Waals surface area contributed by atoms with Crippen molar-refractivity contribution in [2.24, 2.45) is 0 Å². The van der Waals surface area contributed by atoms with E-state index in [9.17, 15) is 0 Å². The highest BCUT2D eigenvalue weighted by molar-refractivity contribution is 6.70. The van der Waals surface area contributed by atoms with E-state index < -0.39 is 16.6 Å². The van der Waals surface area contributed by atoms with Gasteiger partial charge in [0.05, 0.1) is 0 Å². The first-order chi connectivity index (χ1) is 9.52. The van der Waals surface area contributed by atoms with E-state index in [4.69, 9.17) is 8.85 Å². The molecule has 5 heteroatoms. The number of hydrogen-bond donors (Lipinski definition) is 0. The highest BCUT2D eigenvalue weighted by Crippen LogP contribution is 2.27. The first kappa shape index (κ1) is 18.8. The Labute approximate surface area is 134 Å². The van der Waals surface area contributed by atoms with Crippen molar-refractivity contribution >= 4 is 16.6 Å². The van der Waals surface area contributed by atoms with Crippen LogP contribution in [0.5, 0.6) is 0 Å². The lowest BCUT2D eigenvalue weighted by molar-refractivity contribution is 0.206. The third-order valence-corrected chi connectivity index (χ3v) is 5.35. The van der Waals surface area contributed by atoms with Gasteiger partial charge in [0.1, 0.15) is 11.5 Å². The van der Waals surface area contributed by atoms with Gasteiger partial charge in [-0.05, 0) is 52.6 Å². The van der Waals surface area contributed by atoms with Gasteiger partial charge in [-0.15, -0.1) is 0 Å². The minimum Gasteiger partial charge on any atom is -0.545 e. The maximum Gasteiger partial charge on any atom is 0.241 e. The van der Waals surface area contributed by atoms with E-state index in [1.165, 1.54) is 6.42 Å². The normalized spacial score (nSPS) is 20.2. The van der Waals surface area contributed by atoms with Crippen LogP contribution in [-0.2, 0) is 8.85 Å². The molecule has 0 bridgehead atoms. The van der Waals surface area contributed by atoms with Crippen molar-refractivity contribution in [3.63, 3.8) is 0 Å². The molecule has 0 aromatic rings. The van der Waals surface area contributed by atoms with E-state index in [1.807, 2.05) is 0 Å². The van der Waals surface area contributed by atoms with E-state index in [0.29, 0.717) is 6.04 Å². The molecule has 0 radical (unpaired) electrons. The predicted molar refractivity (Wildman–Crippen MR) is 96.4 cm³/mol. The van der Waals surface area contributed by atoms with Crippen LogP contribution in [-0.4, -0.2) is 40.7 Å². The average molecular weight is 330 g/mol. The van der Waals surface area contributed by atoms with Crippen molar-refractivity contribution < 1.29 is 8.85 Å². The van der Waals surface area contributed by atoms with E-state index in [2.05, 4.69) is 58.0 Å². The molecule has 1 aliphatic heterocycles. The Morgan fingerprint density at radius 2 is 1.29 bits per heavy atom. The zero-order chi connectivity index (χ0) is 16.3. The molecule has 0 spiro atoms. The monoisotopic (exact) mass is 329 g/mol. The minimum absolute atomic E-state index is 0.643. The third-order valence-electron chi connectivity index (χ3n) is 3.64. The standard InChI is InChI=1S/C16H35NO2Si2/c1-9-14(2)17-12-10-15(18-20(3,4)5)16(11-13-17)19-21(6,7)8/h14H,9-13H2,1-8H3. The molecule has 0 aliphatic carbocycles. The predicted octanol–water partition coefficient (Wildman–Crippen LogP) is 4.80. The third kappa shape index (κ3) is 7.02. The first-order valence-electron chi connectivity index (χ1n) is 8.36. The molecule has 0 N–H and O–H groups in total. The average Bonchev–Trinajstić information content (AvgIpc) is 2.48. The van der Waals surface area contributed by atoms with Gasteiger partial charge in [0.25, 0.3) is 0 Å². The van der Waals surface area contributed by atoms with Crippen molar-refractivity contribution in [2.45, 2.75) is 78.4 Å². The quantitative estimate of drug-likeness (QED) is 0.654. The fraction of sp³-hybridized carbons (Fsp3) is 0.875. The SMILES string of the molecule is CCC(C)N1CCC(O[Si](C)(C)C)=C(O[Si](C)(C)C)CC1. The molecule has 21 heavy (non-hydrogen) atoms. The molecular formula is C16H35NO2Si2. The minimum atomic E-state index is -1.58. The summed E-state index contributed by atoms with van der Waals surface area (Å²) in [5.41, 5.74) is 0. The van der Waals surface area contributed by atoms with Crippen LogP contribution in [0.1, 0.15) is 33.1 Å². The molecule has 0 fully saturated rings. The highest BCUT2D eigenvalue weighted by atomic mass is 28.4. The summed E-state index contributed by atoms with van der Waals surface area (Å²) in [4.78, 5) is 2.58. The summed E-state index contributed by atoms with van der Waals surface area (Å²) < 4.78 is 12.7. The number of nitrogens with zero attached hydrogens (tertiary/aromatic N) is 1. The molecule has 3 nitrogen and oxygen atoms in total. The van der Waals surface area contributed by atoms with Gasteiger partial charge in [0.2, 0.25) is 16.6 Å². The Morgan fingerprint density at radius 3 is 1.57 bits per heavy atom. The van der Waals surface area contributed by atoms with Crippen LogP contribution in [0.2, 0.25) is 39.3 Å². The van der Waals surface area contributed by atoms with Crippen molar-refractivity contribution in [1.29, 1.82) is 0 Å². The van der Waals surface area contributed by atoms with Gasteiger partial charge in [-0.2, -0.15) is 0 Å². The summed E-state index contributed by atoms with van der Waals surface area (Å²) in [6, 6.07) is 0.643. The van der Waals surface area contributed by atoms with Gasteiger partial charge in [-0.1, -0.05) is 6.92 Å². The van der Waals surface area contributed by atoms with Crippen molar-refractivity contribution in [1.82, 2.24) is 4.90 Å². The summed E-state index contributed by atoms with van der Waals surface area (Å²) in [6.07, 6.45) is 3.19. The van der Waals surface area contributed by atoms with Crippen LogP contribution in [0.25, 0.3) is 0 Å². The van der Waals surface area contributed by atoms with Crippen molar-refractivity contribution in [3.05, 3.63) is 11.5 Å². The second-order valence-corrected chi connectivity index (χ2v) is 16.9. The molecule has 1 aliphatic rings. The topological polar surface area (TPSA) is 21.7 Å². The number of rotatable bonds is 6. The smallest absolute Gasteiger partial charge is 0.241 e. The van der Waals surface area contributed by atoms with Crippen LogP contribution < -0.4 is 0 Å². The van der Waals surface area contributed by atoms with Crippen LogP contribution in [0.3, 0.4) is 0 Å². The van der Waals surface area contributed by atoms with Gasteiger partial charge < -0.3 is 8.85 Å². The summed E-state index contributed by atoms with van der Waals surface area (Å²) in [7, 11) is -3.17. The Hall–Kier alpha value is -0.266. The van der Waals surface area contributed by atoms with E-state index in [-0.39, 0.29) is 0 Å². The molecular weight excluding hydrogens is 294 g/mol. The van der Waals surface area contributed by atoms with Gasteiger partial charge in [-0.25, -0.2) is 0 Å². The molecule has 1 heterocycles. The fourth-order valence-corrected chi connectivity index (χ4v) is 4.45. The lowest BCUT2D eigenvalue weighted by Crippen LogP contribution is -2.34. The molecule has 0 aromatic carbocycles. The van der Waals surface area contributed by atoms with Crippen LogP contribution in [0.15, 0.2) is 11.5 Å². The molecule has 0 aromatic heterocycles. The van der Waals surface area contributed by atoms with E-state index in [0.717, 1.165) is 37.4 Å². The largest absolute Gasteiger partial charge is 0.545 e. The number of hydrogen-bond acceptors (Lipinski definition) is 3. The first-order valence-corrected chi connectivity index (χ1v) is 15.2. The van der Waals surface area contributed by atoms with Crippen LogP contribution in [0, 0.1) is 0 Å². The van der Waals surface area contributed by atoms with E-state index >= 15 is 0 Å². The molecule has 1 unspecified atom stereocenters. The summed E-state index contributed by atoms with van der Waals surface area (Å²) in [5.74, 6) is 2.28. The molecule has 124 valence electrons. The van der Waals surface area contributed by atoms with Crippen molar-refractivity contribution in [2.75, 3.05) is 13.1 Å². The van der Waals surface area contributed by atoms with Crippen molar-refractivity contribution in [3.8, 4) is 0 Å². The van der Waals surface area contributed by atoms with Gasteiger partial charge >= 0.3 is 0 Å². The van der Waals surface area contributed by atoms with Crippen LogP contribution in [0.4, 0.5) is 0 Å².